The van der Waals surface area contributed by atoms with Gasteiger partial charge in [0.1, 0.15) is 0 Å². The SMILES string of the molecule is COC(=O)C(C(=O)OC)C(C(=O)c1ccc(CC(C)C)cc1)C(C(=O)OC)C(=O)OC. The molecule has 0 spiro atoms. The molecule has 0 atom stereocenters. The monoisotopic (exact) mass is 436 g/mol. The molecule has 170 valence electrons. The number of benzene rings is 1. The van der Waals surface area contributed by atoms with Gasteiger partial charge in [-0.3, -0.25) is 24.0 Å². The molecule has 0 radical (unpaired) electrons. The zero-order chi connectivity index (χ0) is 23.7. The van der Waals surface area contributed by atoms with E-state index in [4.69, 9.17) is 0 Å². The fourth-order valence-corrected chi connectivity index (χ4v) is 3.25. The van der Waals surface area contributed by atoms with Crippen LogP contribution in [0.4, 0.5) is 0 Å². The molecular formula is C22H28O9. The Labute approximate surface area is 181 Å². The Hall–Kier alpha value is -3.23. The van der Waals surface area contributed by atoms with Crippen molar-refractivity contribution in [1.82, 2.24) is 0 Å². The Balaban J connectivity index is 3.60. The van der Waals surface area contributed by atoms with Crippen LogP contribution in [0.2, 0.25) is 0 Å². The van der Waals surface area contributed by atoms with E-state index >= 15 is 0 Å². The molecule has 9 heteroatoms. The van der Waals surface area contributed by atoms with E-state index in [0.717, 1.165) is 40.4 Å². The van der Waals surface area contributed by atoms with Gasteiger partial charge >= 0.3 is 23.9 Å². The Kier molecular flexibility index (Phi) is 9.85. The standard InChI is InChI=1S/C22H28O9/c1-12(2)11-13-7-9-14(10-8-13)18(23)15(16(19(24)28-3)20(25)29-4)17(21(26)30-5)22(27)31-6/h7-10,12,15-17H,11H2,1-6H3. The number of ketones is 1. The van der Waals surface area contributed by atoms with Crippen LogP contribution in [-0.2, 0) is 44.5 Å². The van der Waals surface area contributed by atoms with Crippen LogP contribution in [0.1, 0.15) is 29.8 Å². The molecule has 0 aliphatic rings. The fourth-order valence-electron chi connectivity index (χ4n) is 3.25. The number of esters is 4. The maximum absolute atomic E-state index is 13.4. The van der Waals surface area contributed by atoms with Crippen LogP contribution in [0.25, 0.3) is 0 Å². The second-order valence-corrected chi connectivity index (χ2v) is 7.23. The largest absolute Gasteiger partial charge is 0.468 e. The van der Waals surface area contributed by atoms with Gasteiger partial charge in [0.25, 0.3) is 0 Å². The number of hydrogen-bond acceptors (Lipinski definition) is 9. The van der Waals surface area contributed by atoms with E-state index in [1.165, 1.54) is 12.1 Å². The molecule has 9 nitrogen and oxygen atoms in total. The summed E-state index contributed by atoms with van der Waals surface area (Å²) in [7, 11) is 4.02. The van der Waals surface area contributed by atoms with Crippen LogP contribution >= 0.6 is 0 Å². The third-order valence-corrected chi connectivity index (χ3v) is 4.72. The summed E-state index contributed by atoms with van der Waals surface area (Å²) >= 11 is 0. The van der Waals surface area contributed by atoms with Crippen LogP contribution in [0.5, 0.6) is 0 Å². The van der Waals surface area contributed by atoms with Crippen LogP contribution in [0.3, 0.4) is 0 Å². The molecule has 1 aromatic rings. The Morgan fingerprint density at radius 1 is 0.677 bits per heavy atom. The van der Waals surface area contributed by atoms with Crippen molar-refractivity contribution in [3.05, 3.63) is 35.4 Å². The lowest BCUT2D eigenvalue weighted by molar-refractivity contribution is -0.167. The topological polar surface area (TPSA) is 122 Å². The van der Waals surface area contributed by atoms with Crippen LogP contribution < -0.4 is 0 Å². The molecule has 0 aliphatic carbocycles. The van der Waals surface area contributed by atoms with Gasteiger partial charge in [-0.25, -0.2) is 0 Å². The van der Waals surface area contributed by atoms with Gasteiger partial charge in [0.05, 0.1) is 34.4 Å². The first-order valence-electron chi connectivity index (χ1n) is 9.57. The second kappa shape index (κ2) is 11.8. The summed E-state index contributed by atoms with van der Waals surface area (Å²) in [5.41, 5.74) is 1.06. The smallest absolute Gasteiger partial charge is 0.320 e. The number of carbonyl (C=O) groups is 5. The van der Waals surface area contributed by atoms with E-state index in [-0.39, 0.29) is 5.56 Å². The van der Waals surface area contributed by atoms with E-state index in [2.05, 4.69) is 18.9 Å². The summed E-state index contributed by atoms with van der Waals surface area (Å²) in [6.45, 7) is 4.09. The lowest BCUT2D eigenvalue weighted by Gasteiger charge is -2.27. The number of methoxy groups -OCH3 is 4. The highest BCUT2D eigenvalue weighted by molar-refractivity contribution is 6.11. The van der Waals surface area contributed by atoms with Crippen LogP contribution in [0, 0.1) is 23.7 Å². The predicted molar refractivity (Wildman–Crippen MR) is 108 cm³/mol. The van der Waals surface area contributed by atoms with Gasteiger partial charge in [-0.1, -0.05) is 38.1 Å². The first-order valence-corrected chi connectivity index (χ1v) is 9.57. The van der Waals surface area contributed by atoms with Gasteiger partial charge in [0.2, 0.25) is 0 Å². The lowest BCUT2D eigenvalue weighted by Crippen LogP contribution is -2.47. The minimum absolute atomic E-state index is 0.0909. The average Bonchev–Trinajstić information content (AvgIpc) is 2.76. The summed E-state index contributed by atoms with van der Waals surface area (Å²) in [6, 6.07) is 6.45. The van der Waals surface area contributed by atoms with Gasteiger partial charge < -0.3 is 18.9 Å². The summed E-state index contributed by atoms with van der Waals surface area (Å²) < 4.78 is 18.6. The van der Waals surface area contributed by atoms with Gasteiger partial charge in [0.15, 0.2) is 17.6 Å². The van der Waals surface area contributed by atoms with Crippen molar-refractivity contribution >= 4 is 29.7 Å². The van der Waals surface area contributed by atoms with Crippen molar-refractivity contribution in [2.24, 2.45) is 23.7 Å². The molecule has 0 aliphatic heterocycles. The van der Waals surface area contributed by atoms with Crippen molar-refractivity contribution in [1.29, 1.82) is 0 Å². The third kappa shape index (κ3) is 6.37. The maximum atomic E-state index is 13.4. The molecule has 0 aromatic heterocycles. The Morgan fingerprint density at radius 2 is 1.03 bits per heavy atom. The highest BCUT2D eigenvalue weighted by Crippen LogP contribution is 2.30. The molecule has 1 rings (SSSR count). The molecule has 0 amide bonds. The molecule has 0 fully saturated rings. The maximum Gasteiger partial charge on any atom is 0.320 e. The molecule has 0 saturated heterocycles. The van der Waals surface area contributed by atoms with Crippen LogP contribution in [0.15, 0.2) is 24.3 Å². The quantitative estimate of drug-likeness (QED) is 0.233. The zero-order valence-corrected chi connectivity index (χ0v) is 18.5. The van der Waals surface area contributed by atoms with Gasteiger partial charge in [-0.05, 0) is 17.9 Å². The molecule has 0 N–H and O–H groups in total. The van der Waals surface area contributed by atoms with Gasteiger partial charge in [-0.2, -0.15) is 0 Å². The van der Waals surface area contributed by atoms with Crippen molar-refractivity contribution in [3.63, 3.8) is 0 Å². The van der Waals surface area contributed by atoms with E-state index in [0.29, 0.717) is 5.92 Å². The average molecular weight is 436 g/mol. The summed E-state index contributed by atoms with van der Waals surface area (Å²) in [5.74, 6) is -10.5. The Morgan fingerprint density at radius 3 is 1.32 bits per heavy atom. The van der Waals surface area contributed by atoms with E-state index in [1.807, 2.05) is 13.8 Å². The normalized spacial score (nSPS) is 10.9. The predicted octanol–water partition coefficient (Wildman–Crippen LogP) is 1.61. The molecule has 0 saturated carbocycles. The molecule has 0 heterocycles. The van der Waals surface area contributed by atoms with Crippen molar-refractivity contribution in [2.45, 2.75) is 20.3 Å². The summed E-state index contributed by atoms with van der Waals surface area (Å²) in [5, 5.41) is 0. The number of ether oxygens (including phenoxy) is 4. The molecule has 0 unspecified atom stereocenters. The third-order valence-electron chi connectivity index (χ3n) is 4.72. The molecular weight excluding hydrogens is 408 g/mol. The summed E-state index contributed by atoms with van der Waals surface area (Å²) in [6.07, 6.45) is 0.776. The number of rotatable bonds is 10. The number of Topliss-reactive ketones (excluding diaryl/α,β-unsaturated/α-hetero) is 1. The van der Waals surface area contributed by atoms with Gasteiger partial charge in [-0.15, -0.1) is 0 Å². The van der Waals surface area contributed by atoms with Crippen molar-refractivity contribution in [3.8, 4) is 0 Å². The first kappa shape index (κ1) is 25.8. The fraction of sp³-hybridized carbons (Fsp3) is 0.500. The second-order valence-electron chi connectivity index (χ2n) is 7.23. The molecule has 0 bridgehead atoms. The number of hydrogen-bond donors (Lipinski definition) is 0. The Bertz CT molecular complexity index is 743. The minimum atomic E-state index is -1.89. The molecule has 31 heavy (non-hydrogen) atoms. The first-order chi connectivity index (χ1) is 14.6. The molecule has 1 aromatic carbocycles. The van der Waals surface area contributed by atoms with Crippen molar-refractivity contribution in [2.75, 3.05) is 28.4 Å². The number of carbonyl (C=O) groups excluding carboxylic acids is 5. The highest BCUT2D eigenvalue weighted by Gasteiger charge is 2.52. The highest BCUT2D eigenvalue weighted by atomic mass is 16.6. The van der Waals surface area contributed by atoms with E-state index in [1.54, 1.807) is 12.1 Å². The van der Waals surface area contributed by atoms with Crippen LogP contribution in [-0.4, -0.2) is 58.1 Å². The van der Waals surface area contributed by atoms with E-state index < -0.39 is 47.4 Å². The zero-order valence-electron chi connectivity index (χ0n) is 18.5. The van der Waals surface area contributed by atoms with Gasteiger partial charge in [0, 0.05) is 5.56 Å². The summed E-state index contributed by atoms with van der Waals surface area (Å²) in [4.78, 5) is 63.1. The lowest BCUT2D eigenvalue weighted by atomic mass is 9.76. The minimum Gasteiger partial charge on any atom is -0.468 e. The van der Waals surface area contributed by atoms with E-state index in [9.17, 15) is 24.0 Å². The van der Waals surface area contributed by atoms with Crippen molar-refractivity contribution < 1.29 is 42.9 Å².